The number of hydrogen-bond donors (Lipinski definition) is 0. The minimum Gasteiger partial charge on any atom is -0.381 e. The van der Waals surface area contributed by atoms with E-state index in [4.69, 9.17) is 9.47 Å². The Hall–Kier alpha value is -1.76. The van der Waals surface area contributed by atoms with E-state index in [0.717, 1.165) is 16.6 Å². The molecule has 6 heteroatoms. The molecule has 0 aliphatic carbocycles. The largest absolute Gasteiger partial charge is 0.381 e. The van der Waals surface area contributed by atoms with Gasteiger partial charge < -0.3 is 9.47 Å². The van der Waals surface area contributed by atoms with Crippen molar-refractivity contribution in [2.45, 2.75) is 12.5 Å². The maximum Gasteiger partial charge on any atom is 0.262 e. The number of halogens is 1. The molecule has 0 bridgehead atoms. The van der Waals surface area contributed by atoms with Crippen molar-refractivity contribution < 1.29 is 14.3 Å². The molecule has 0 radical (unpaired) electrons. The van der Waals surface area contributed by atoms with Crippen molar-refractivity contribution >= 4 is 33.3 Å². The summed E-state index contributed by atoms with van der Waals surface area (Å²) in [6, 6.07) is 13.2. The highest BCUT2D eigenvalue weighted by Gasteiger charge is 2.36. The van der Waals surface area contributed by atoms with Crippen molar-refractivity contribution in [3.63, 3.8) is 0 Å². The van der Waals surface area contributed by atoms with E-state index < -0.39 is 6.10 Å². The van der Waals surface area contributed by atoms with Crippen LogP contribution >= 0.6 is 15.9 Å². The van der Waals surface area contributed by atoms with Crippen LogP contribution in [0.2, 0.25) is 0 Å². The van der Waals surface area contributed by atoms with Gasteiger partial charge in [-0.15, -0.1) is 0 Å². The van der Waals surface area contributed by atoms with Crippen LogP contribution in [-0.2, 0) is 14.3 Å². The number of carbonyl (C=O) groups is 1. The number of amides is 1. The highest BCUT2D eigenvalue weighted by atomic mass is 79.9. The molecule has 2 aromatic rings. The molecule has 1 amide bonds. The summed E-state index contributed by atoms with van der Waals surface area (Å²) in [6.07, 6.45) is 1.92. The zero-order chi connectivity index (χ0) is 16.9. The minimum atomic E-state index is -0.568. The Bertz CT molecular complexity index is 690. The van der Waals surface area contributed by atoms with Gasteiger partial charge in [0.1, 0.15) is 6.10 Å². The first-order chi connectivity index (χ1) is 11.7. The standard InChI is InChI=1S/C18H19BrN2O3/c1-23-16(13-9-11-24-12-13)18(22)21(14-6-3-2-4-7-14)17-15(19)8-5-10-20-17/h2-8,10,13,16H,9,11-12H2,1H3. The molecule has 3 rings (SSSR count). The second-order valence-electron chi connectivity index (χ2n) is 5.60. The molecule has 1 aliphatic rings. The lowest BCUT2D eigenvalue weighted by Gasteiger charge is -2.29. The molecule has 0 N–H and O–H groups in total. The van der Waals surface area contributed by atoms with Gasteiger partial charge in [-0.3, -0.25) is 9.69 Å². The van der Waals surface area contributed by atoms with Gasteiger partial charge in [0.15, 0.2) is 5.82 Å². The van der Waals surface area contributed by atoms with Crippen molar-refractivity contribution in [2.75, 3.05) is 25.2 Å². The summed E-state index contributed by atoms with van der Waals surface area (Å²) >= 11 is 3.50. The van der Waals surface area contributed by atoms with E-state index in [0.29, 0.717) is 19.0 Å². The van der Waals surface area contributed by atoms with E-state index in [2.05, 4.69) is 20.9 Å². The number of hydrogen-bond acceptors (Lipinski definition) is 4. The molecule has 1 saturated heterocycles. The fourth-order valence-corrected chi connectivity index (χ4v) is 3.32. The van der Waals surface area contributed by atoms with Crippen LogP contribution in [0.3, 0.4) is 0 Å². The monoisotopic (exact) mass is 390 g/mol. The molecule has 2 unspecified atom stereocenters. The number of nitrogens with zero attached hydrogens (tertiary/aromatic N) is 2. The minimum absolute atomic E-state index is 0.0520. The number of anilines is 2. The number of ether oxygens (including phenoxy) is 2. The predicted molar refractivity (Wildman–Crippen MR) is 95.2 cm³/mol. The fraction of sp³-hybridized carbons (Fsp3) is 0.333. The highest BCUT2D eigenvalue weighted by molar-refractivity contribution is 9.10. The van der Waals surface area contributed by atoms with Gasteiger partial charge in [-0.1, -0.05) is 18.2 Å². The fourth-order valence-electron chi connectivity index (χ4n) is 2.89. The molecule has 5 nitrogen and oxygen atoms in total. The molecule has 1 aromatic carbocycles. The molecule has 2 heterocycles. The summed E-state index contributed by atoms with van der Waals surface area (Å²) in [4.78, 5) is 19.3. The summed E-state index contributed by atoms with van der Waals surface area (Å²) < 4.78 is 11.7. The van der Waals surface area contributed by atoms with Gasteiger partial charge >= 0.3 is 0 Å². The van der Waals surface area contributed by atoms with E-state index in [1.807, 2.05) is 42.5 Å². The third-order valence-corrected chi connectivity index (χ3v) is 4.69. The summed E-state index contributed by atoms with van der Waals surface area (Å²) in [5.74, 6) is 0.462. The number of benzene rings is 1. The molecule has 0 spiro atoms. The zero-order valence-electron chi connectivity index (χ0n) is 13.4. The quantitative estimate of drug-likeness (QED) is 0.782. The highest BCUT2D eigenvalue weighted by Crippen LogP contribution is 2.32. The maximum absolute atomic E-state index is 13.3. The van der Waals surface area contributed by atoms with Crippen LogP contribution in [-0.4, -0.2) is 37.3 Å². The summed E-state index contributed by atoms with van der Waals surface area (Å²) in [6.45, 7) is 1.20. The molecule has 1 fully saturated rings. The molecular formula is C18H19BrN2O3. The lowest BCUT2D eigenvalue weighted by molar-refractivity contribution is -0.130. The predicted octanol–water partition coefficient (Wildman–Crippen LogP) is 3.56. The molecule has 0 saturated carbocycles. The van der Waals surface area contributed by atoms with E-state index in [-0.39, 0.29) is 11.8 Å². The number of aromatic nitrogens is 1. The van der Waals surface area contributed by atoms with Crippen LogP contribution in [0.4, 0.5) is 11.5 Å². The van der Waals surface area contributed by atoms with Gasteiger partial charge in [0.25, 0.3) is 5.91 Å². The normalized spacial score (nSPS) is 18.3. The van der Waals surface area contributed by atoms with E-state index in [1.54, 1.807) is 18.2 Å². The van der Waals surface area contributed by atoms with Crippen molar-refractivity contribution in [3.8, 4) is 0 Å². The summed E-state index contributed by atoms with van der Waals surface area (Å²) in [5, 5.41) is 0. The Balaban J connectivity index is 2.01. The maximum atomic E-state index is 13.3. The third kappa shape index (κ3) is 3.50. The SMILES string of the molecule is COC(C(=O)N(c1ccccc1)c1ncccc1Br)C1CCOC1. The van der Waals surface area contributed by atoms with Crippen molar-refractivity contribution in [1.82, 2.24) is 4.98 Å². The Morgan fingerprint density at radius 2 is 2.12 bits per heavy atom. The Morgan fingerprint density at radius 3 is 2.75 bits per heavy atom. The van der Waals surface area contributed by atoms with Gasteiger partial charge in [-0.25, -0.2) is 4.98 Å². The third-order valence-electron chi connectivity index (χ3n) is 4.08. The van der Waals surface area contributed by atoms with Crippen LogP contribution < -0.4 is 4.90 Å². The van der Waals surface area contributed by atoms with Crippen molar-refractivity contribution in [1.29, 1.82) is 0 Å². The second kappa shape index (κ2) is 7.88. The van der Waals surface area contributed by atoms with E-state index in [9.17, 15) is 4.79 Å². The second-order valence-corrected chi connectivity index (χ2v) is 6.45. The molecule has 2 atom stereocenters. The molecule has 126 valence electrons. The average molecular weight is 391 g/mol. The van der Waals surface area contributed by atoms with Gasteiger partial charge in [0, 0.05) is 25.8 Å². The lowest BCUT2D eigenvalue weighted by atomic mass is 10.00. The Kier molecular flexibility index (Phi) is 5.60. The van der Waals surface area contributed by atoms with Crippen LogP contribution in [0.5, 0.6) is 0 Å². The number of pyridine rings is 1. The number of para-hydroxylation sites is 1. The van der Waals surface area contributed by atoms with Crippen LogP contribution in [0, 0.1) is 5.92 Å². The smallest absolute Gasteiger partial charge is 0.262 e. The lowest BCUT2D eigenvalue weighted by Crippen LogP contribution is -2.42. The molecular weight excluding hydrogens is 372 g/mol. The van der Waals surface area contributed by atoms with E-state index in [1.165, 1.54) is 0 Å². The average Bonchev–Trinajstić information content (AvgIpc) is 3.13. The zero-order valence-corrected chi connectivity index (χ0v) is 15.0. The van der Waals surface area contributed by atoms with Crippen molar-refractivity contribution in [2.24, 2.45) is 5.92 Å². The van der Waals surface area contributed by atoms with Gasteiger partial charge in [-0.2, -0.15) is 0 Å². The van der Waals surface area contributed by atoms with Crippen LogP contribution in [0.15, 0.2) is 53.1 Å². The molecule has 1 aromatic heterocycles. The van der Waals surface area contributed by atoms with Crippen LogP contribution in [0.1, 0.15) is 6.42 Å². The van der Waals surface area contributed by atoms with Gasteiger partial charge in [-0.05, 0) is 46.6 Å². The Morgan fingerprint density at radius 1 is 1.33 bits per heavy atom. The number of methoxy groups -OCH3 is 1. The van der Waals surface area contributed by atoms with E-state index >= 15 is 0 Å². The first-order valence-corrected chi connectivity index (χ1v) is 8.61. The summed E-state index contributed by atoms with van der Waals surface area (Å²) in [7, 11) is 1.57. The van der Waals surface area contributed by atoms with Gasteiger partial charge in [0.2, 0.25) is 0 Å². The first-order valence-electron chi connectivity index (χ1n) is 7.82. The number of carbonyl (C=O) groups excluding carboxylic acids is 1. The first kappa shape index (κ1) is 17.1. The van der Waals surface area contributed by atoms with Crippen molar-refractivity contribution in [3.05, 3.63) is 53.1 Å². The summed E-state index contributed by atoms with van der Waals surface area (Å²) in [5.41, 5.74) is 0.753. The van der Waals surface area contributed by atoms with Gasteiger partial charge in [0.05, 0.1) is 16.8 Å². The topological polar surface area (TPSA) is 51.7 Å². The van der Waals surface area contributed by atoms with Crippen LogP contribution in [0.25, 0.3) is 0 Å². The Labute approximate surface area is 149 Å². The number of rotatable bonds is 5. The molecule has 1 aliphatic heterocycles. The molecule has 24 heavy (non-hydrogen) atoms.